The molecule has 2 heterocycles. The van der Waals surface area contributed by atoms with Gasteiger partial charge in [0.05, 0.1) is 28.5 Å². The highest BCUT2D eigenvalue weighted by Crippen LogP contribution is 2.26. The number of fused-ring (bicyclic) bond motifs is 1. The molecule has 0 saturated carbocycles. The number of hydrogen-bond acceptors (Lipinski definition) is 6. The SMILES string of the molecule is CCc1nc(C(=O)OC)c(N)n1-c1ccc2ncsc2c1. The van der Waals surface area contributed by atoms with E-state index in [1.807, 2.05) is 25.1 Å². The molecule has 0 saturated heterocycles. The van der Waals surface area contributed by atoms with E-state index in [2.05, 4.69) is 9.97 Å². The first-order chi connectivity index (χ1) is 10.2. The molecule has 0 atom stereocenters. The third-order valence-corrected chi connectivity index (χ3v) is 4.04. The van der Waals surface area contributed by atoms with Crippen LogP contribution in [0, 0.1) is 0 Å². The van der Waals surface area contributed by atoms with Gasteiger partial charge in [0.2, 0.25) is 0 Å². The van der Waals surface area contributed by atoms with Crippen molar-refractivity contribution in [2.45, 2.75) is 13.3 Å². The molecule has 0 spiro atoms. The van der Waals surface area contributed by atoms with E-state index in [1.165, 1.54) is 7.11 Å². The maximum absolute atomic E-state index is 11.7. The van der Waals surface area contributed by atoms with Crippen LogP contribution in [0.3, 0.4) is 0 Å². The predicted octanol–water partition coefficient (Wildman–Crippen LogP) is 2.41. The van der Waals surface area contributed by atoms with E-state index in [9.17, 15) is 4.79 Å². The molecule has 2 aromatic heterocycles. The Morgan fingerprint density at radius 1 is 1.48 bits per heavy atom. The van der Waals surface area contributed by atoms with Gasteiger partial charge in [-0.3, -0.25) is 4.57 Å². The first-order valence-corrected chi connectivity index (χ1v) is 7.32. The molecular formula is C14H14N4O2S. The molecule has 6 nitrogen and oxygen atoms in total. The largest absolute Gasteiger partial charge is 0.464 e. The van der Waals surface area contributed by atoms with Crippen LogP contribution in [0.1, 0.15) is 23.2 Å². The average Bonchev–Trinajstić information content (AvgIpc) is 3.09. The molecule has 3 rings (SSSR count). The third kappa shape index (κ3) is 2.15. The normalized spacial score (nSPS) is 11.0. The van der Waals surface area contributed by atoms with Crippen molar-refractivity contribution in [2.24, 2.45) is 0 Å². The van der Waals surface area contributed by atoms with E-state index in [4.69, 9.17) is 10.5 Å². The predicted molar refractivity (Wildman–Crippen MR) is 81.9 cm³/mol. The van der Waals surface area contributed by atoms with Crippen molar-refractivity contribution >= 4 is 33.3 Å². The van der Waals surface area contributed by atoms with Gasteiger partial charge in [0.1, 0.15) is 11.6 Å². The van der Waals surface area contributed by atoms with Gasteiger partial charge in [0.25, 0.3) is 0 Å². The summed E-state index contributed by atoms with van der Waals surface area (Å²) in [5.74, 6) is 0.485. The number of imidazole rings is 1. The quantitative estimate of drug-likeness (QED) is 0.751. The Bertz CT molecular complexity index is 822. The number of rotatable bonds is 3. The zero-order valence-corrected chi connectivity index (χ0v) is 12.5. The monoisotopic (exact) mass is 302 g/mol. The summed E-state index contributed by atoms with van der Waals surface area (Å²) in [5, 5.41) is 0. The molecule has 0 fully saturated rings. The second kappa shape index (κ2) is 5.17. The highest BCUT2D eigenvalue weighted by molar-refractivity contribution is 7.16. The Balaban J connectivity index is 2.20. The van der Waals surface area contributed by atoms with E-state index in [-0.39, 0.29) is 5.69 Å². The standard InChI is InChI=1S/C14H14N4O2S/c1-3-11-17-12(14(19)20-2)13(15)18(11)8-4-5-9-10(6-8)21-7-16-9/h4-7H,3,15H2,1-2H3. The van der Waals surface area contributed by atoms with Crippen molar-refractivity contribution in [2.75, 3.05) is 12.8 Å². The van der Waals surface area contributed by atoms with Gasteiger partial charge in [-0.1, -0.05) is 6.92 Å². The summed E-state index contributed by atoms with van der Waals surface area (Å²) in [6.45, 7) is 1.96. The molecule has 7 heteroatoms. The topological polar surface area (TPSA) is 83.0 Å². The maximum Gasteiger partial charge on any atom is 0.360 e. The third-order valence-electron chi connectivity index (χ3n) is 3.25. The minimum atomic E-state index is -0.528. The fourth-order valence-corrected chi connectivity index (χ4v) is 2.95. The Morgan fingerprint density at radius 3 is 3.00 bits per heavy atom. The fourth-order valence-electron chi connectivity index (χ4n) is 2.24. The Kier molecular flexibility index (Phi) is 3.34. The zero-order chi connectivity index (χ0) is 15.0. The van der Waals surface area contributed by atoms with Gasteiger partial charge in [0, 0.05) is 6.42 Å². The second-order valence-corrected chi connectivity index (χ2v) is 5.33. The summed E-state index contributed by atoms with van der Waals surface area (Å²) < 4.78 is 7.56. The smallest absolute Gasteiger partial charge is 0.360 e. The average molecular weight is 302 g/mol. The van der Waals surface area contributed by atoms with E-state index < -0.39 is 5.97 Å². The summed E-state index contributed by atoms with van der Waals surface area (Å²) >= 11 is 1.56. The van der Waals surface area contributed by atoms with Gasteiger partial charge < -0.3 is 10.5 Å². The van der Waals surface area contributed by atoms with Crippen LogP contribution < -0.4 is 5.73 Å². The van der Waals surface area contributed by atoms with Crippen molar-refractivity contribution < 1.29 is 9.53 Å². The molecule has 0 radical (unpaired) electrons. The van der Waals surface area contributed by atoms with Crippen LogP contribution in [0.4, 0.5) is 5.82 Å². The number of nitrogens with zero attached hydrogens (tertiary/aromatic N) is 3. The van der Waals surface area contributed by atoms with Gasteiger partial charge in [0.15, 0.2) is 5.69 Å². The highest BCUT2D eigenvalue weighted by atomic mass is 32.1. The summed E-state index contributed by atoms with van der Waals surface area (Å²) in [5.41, 5.74) is 9.85. The number of nitrogens with two attached hydrogens (primary N) is 1. The molecule has 2 N–H and O–H groups in total. The summed E-state index contributed by atoms with van der Waals surface area (Å²) in [6, 6.07) is 5.84. The van der Waals surface area contributed by atoms with Crippen LogP contribution in [0.25, 0.3) is 15.9 Å². The molecule has 0 unspecified atom stereocenters. The molecule has 21 heavy (non-hydrogen) atoms. The van der Waals surface area contributed by atoms with Crippen LogP contribution in [0.15, 0.2) is 23.7 Å². The lowest BCUT2D eigenvalue weighted by atomic mass is 10.3. The number of carbonyl (C=O) groups is 1. The second-order valence-electron chi connectivity index (χ2n) is 4.45. The number of thiazole rings is 1. The molecule has 0 aliphatic carbocycles. The van der Waals surface area contributed by atoms with Gasteiger partial charge in [-0.2, -0.15) is 0 Å². The number of aryl methyl sites for hydroxylation is 1. The summed E-state index contributed by atoms with van der Waals surface area (Å²) in [6.07, 6.45) is 0.655. The number of benzene rings is 1. The van der Waals surface area contributed by atoms with Gasteiger partial charge >= 0.3 is 5.97 Å². The number of nitrogen functional groups attached to an aromatic ring is 1. The van der Waals surface area contributed by atoms with Crippen molar-refractivity contribution in [1.29, 1.82) is 0 Å². The van der Waals surface area contributed by atoms with Crippen molar-refractivity contribution in [3.8, 4) is 5.69 Å². The lowest BCUT2D eigenvalue weighted by molar-refractivity contribution is 0.0596. The van der Waals surface area contributed by atoms with Gasteiger partial charge in [-0.15, -0.1) is 11.3 Å². The number of esters is 1. The summed E-state index contributed by atoms with van der Waals surface area (Å²) in [7, 11) is 1.32. The van der Waals surface area contributed by atoms with E-state index >= 15 is 0 Å². The number of methoxy groups -OCH3 is 1. The van der Waals surface area contributed by atoms with Crippen LogP contribution in [-0.2, 0) is 11.2 Å². The number of aromatic nitrogens is 3. The Morgan fingerprint density at radius 2 is 2.29 bits per heavy atom. The Labute approximate surface area is 125 Å². The van der Waals surface area contributed by atoms with Crippen LogP contribution in [-0.4, -0.2) is 27.6 Å². The van der Waals surface area contributed by atoms with Crippen molar-refractivity contribution in [3.05, 3.63) is 35.2 Å². The van der Waals surface area contributed by atoms with Crippen LogP contribution in [0.5, 0.6) is 0 Å². The van der Waals surface area contributed by atoms with Crippen LogP contribution >= 0.6 is 11.3 Å². The molecule has 1 aromatic carbocycles. The first kappa shape index (κ1) is 13.6. The number of carbonyl (C=O) groups excluding carboxylic acids is 1. The summed E-state index contributed by atoms with van der Waals surface area (Å²) in [4.78, 5) is 20.3. The highest BCUT2D eigenvalue weighted by Gasteiger charge is 2.21. The molecule has 0 aliphatic heterocycles. The number of hydrogen-bond donors (Lipinski definition) is 1. The van der Waals surface area contributed by atoms with Gasteiger partial charge in [-0.25, -0.2) is 14.8 Å². The lowest BCUT2D eigenvalue weighted by Crippen LogP contribution is -2.08. The molecule has 0 amide bonds. The molecular weight excluding hydrogens is 288 g/mol. The Hall–Kier alpha value is -2.41. The zero-order valence-electron chi connectivity index (χ0n) is 11.7. The van der Waals surface area contributed by atoms with E-state index in [1.54, 1.807) is 21.4 Å². The fraction of sp³-hybridized carbons (Fsp3) is 0.214. The van der Waals surface area contributed by atoms with Crippen molar-refractivity contribution in [1.82, 2.24) is 14.5 Å². The number of ether oxygens (including phenoxy) is 1. The minimum absolute atomic E-state index is 0.152. The van der Waals surface area contributed by atoms with Gasteiger partial charge in [-0.05, 0) is 18.2 Å². The molecule has 0 bridgehead atoms. The molecule has 0 aliphatic rings. The first-order valence-electron chi connectivity index (χ1n) is 6.44. The lowest BCUT2D eigenvalue weighted by Gasteiger charge is -2.08. The van der Waals surface area contributed by atoms with E-state index in [0.29, 0.717) is 12.2 Å². The number of anilines is 1. The van der Waals surface area contributed by atoms with E-state index in [0.717, 1.165) is 21.7 Å². The maximum atomic E-state index is 11.7. The molecule has 3 aromatic rings. The molecule has 108 valence electrons. The minimum Gasteiger partial charge on any atom is -0.464 e. The van der Waals surface area contributed by atoms with Crippen LogP contribution in [0.2, 0.25) is 0 Å². The van der Waals surface area contributed by atoms with Crippen molar-refractivity contribution in [3.63, 3.8) is 0 Å².